The molecule has 2 amide bonds. The molecular weight excluding hydrogens is 364 g/mol. The smallest absolute Gasteiger partial charge is 0.239 e. The highest BCUT2D eigenvalue weighted by atomic mass is 16.2. The highest BCUT2D eigenvalue weighted by Gasteiger charge is 2.16. The van der Waals surface area contributed by atoms with Gasteiger partial charge >= 0.3 is 0 Å². The van der Waals surface area contributed by atoms with Crippen LogP contribution in [0.5, 0.6) is 0 Å². The van der Waals surface area contributed by atoms with Crippen molar-refractivity contribution in [3.8, 4) is 0 Å². The Morgan fingerprint density at radius 3 is 2.48 bits per heavy atom. The Morgan fingerprint density at radius 1 is 0.828 bits per heavy atom. The molecule has 2 heterocycles. The van der Waals surface area contributed by atoms with Crippen LogP contribution in [0, 0.1) is 0 Å². The summed E-state index contributed by atoms with van der Waals surface area (Å²) in [6, 6.07) is 18.9. The molecule has 0 radical (unpaired) electrons. The molecule has 6 heteroatoms. The summed E-state index contributed by atoms with van der Waals surface area (Å²) in [4.78, 5) is 25.9. The molecule has 29 heavy (non-hydrogen) atoms. The van der Waals surface area contributed by atoms with E-state index >= 15 is 0 Å². The van der Waals surface area contributed by atoms with Gasteiger partial charge in [0.2, 0.25) is 11.8 Å². The van der Waals surface area contributed by atoms with Crippen molar-refractivity contribution in [3.05, 3.63) is 71.9 Å². The summed E-state index contributed by atoms with van der Waals surface area (Å²) in [7, 11) is 0. The highest BCUT2D eigenvalue weighted by Crippen LogP contribution is 2.24. The fraction of sp³-hybridized carbons (Fsp3) is 0.304. The molecular formula is C23H26N4O2. The normalized spacial score (nSPS) is 16.4. The lowest BCUT2D eigenvalue weighted by Crippen LogP contribution is -2.43. The number of nitrogens with one attached hydrogen (secondary N) is 2. The van der Waals surface area contributed by atoms with E-state index in [4.69, 9.17) is 0 Å². The predicted molar refractivity (Wildman–Crippen MR) is 113 cm³/mol. The minimum Gasteiger partial charge on any atom is -0.353 e. The van der Waals surface area contributed by atoms with Gasteiger partial charge in [-0.2, -0.15) is 0 Å². The third-order valence-corrected chi connectivity index (χ3v) is 5.31. The molecule has 0 saturated carbocycles. The first-order chi connectivity index (χ1) is 14.2. The molecule has 1 saturated heterocycles. The summed E-state index contributed by atoms with van der Waals surface area (Å²) in [5.41, 5.74) is 3.71. The van der Waals surface area contributed by atoms with Crippen LogP contribution in [0.4, 0.5) is 0 Å². The lowest BCUT2D eigenvalue weighted by molar-refractivity contribution is -0.126. The van der Waals surface area contributed by atoms with Crippen LogP contribution in [0.25, 0.3) is 10.9 Å². The van der Waals surface area contributed by atoms with Crippen molar-refractivity contribution in [2.45, 2.75) is 19.5 Å². The number of carbonyl (C=O) groups is 2. The Balaban J connectivity index is 1.56. The van der Waals surface area contributed by atoms with Crippen LogP contribution in [0.3, 0.4) is 0 Å². The van der Waals surface area contributed by atoms with Crippen LogP contribution >= 0.6 is 0 Å². The van der Waals surface area contributed by atoms with Gasteiger partial charge in [0.1, 0.15) is 0 Å². The van der Waals surface area contributed by atoms with E-state index in [2.05, 4.69) is 74.8 Å². The van der Waals surface area contributed by atoms with E-state index in [0.29, 0.717) is 19.5 Å². The highest BCUT2D eigenvalue weighted by molar-refractivity contribution is 5.85. The summed E-state index contributed by atoms with van der Waals surface area (Å²) in [6.07, 6.45) is 2.62. The van der Waals surface area contributed by atoms with E-state index in [9.17, 15) is 9.59 Å². The average Bonchev–Trinajstić information content (AvgIpc) is 3.08. The summed E-state index contributed by atoms with van der Waals surface area (Å²) in [5.74, 6) is -0.224. The first kappa shape index (κ1) is 19.2. The summed E-state index contributed by atoms with van der Waals surface area (Å²) < 4.78 is 2.29. The summed E-state index contributed by atoms with van der Waals surface area (Å²) >= 11 is 0. The second-order valence-corrected chi connectivity index (χ2v) is 7.44. The van der Waals surface area contributed by atoms with E-state index in [-0.39, 0.29) is 18.4 Å². The molecule has 150 valence electrons. The predicted octanol–water partition coefficient (Wildman–Crippen LogP) is 2.13. The zero-order valence-corrected chi connectivity index (χ0v) is 16.4. The van der Waals surface area contributed by atoms with E-state index < -0.39 is 0 Å². The zero-order valence-electron chi connectivity index (χ0n) is 16.4. The molecule has 0 atom stereocenters. The van der Waals surface area contributed by atoms with Crippen molar-refractivity contribution < 1.29 is 9.59 Å². The monoisotopic (exact) mass is 390 g/mol. The Hall–Kier alpha value is -3.12. The summed E-state index contributed by atoms with van der Waals surface area (Å²) in [6.45, 7) is 3.59. The Morgan fingerprint density at radius 2 is 1.62 bits per heavy atom. The van der Waals surface area contributed by atoms with Crippen molar-refractivity contribution >= 4 is 22.7 Å². The first-order valence-corrected chi connectivity index (χ1v) is 10.1. The Labute approximate surface area is 170 Å². The van der Waals surface area contributed by atoms with Gasteiger partial charge < -0.3 is 15.2 Å². The van der Waals surface area contributed by atoms with Crippen LogP contribution < -0.4 is 10.6 Å². The van der Waals surface area contributed by atoms with Crippen LogP contribution in [0.2, 0.25) is 0 Å². The molecule has 1 aliphatic heterocycles. The number of aromatic nitrogens is 1. The third kappa shape index (κ3) is 4.84. The minimum atomic E-state index is -0.139. The number of benzene rings is 2. The number of hydrogen-bond acceptors (Lipinski definition) is 3. The van der Waals surface area contributed by atoms with Gasteiger partial charge in [0.05, 0.1) is 6.54 Å². The second kappa shape index (κ2) is 8.92. The van der Waals surface area contributed by atoms with Gasteiger partial charge in [-0.25, -0.2) is 0 Å². The number of hydrogen-bond donors (Lipinski definition) is 2. The van der Waals surface area contributed by atoms with Gasteiger partial charge in [-0.05, 0) is 17.2 Å². The average molecular weight is 390 g/mol. The molecule has 6 nitrogen and oxygen atoms in total. The maximum absolute atomic E-state index is 11.9. The number of amides is 2. The SMILES string of the molecule is O=C1CCN(Cc2cn(Cc3ccccc3)c3ccccc23)CCNC(=O)CN1. The van der Waals surface area contributed by atoms with Crippen LogP contribution in [-0.2, 0) is 22.7 Å². The molecule has 0 spiro atoms. The van der Waals surface area contributed by atoms with Gasteiger partial charge in [-0.3, -0.25) is 14.5 Å². The number of nitrogens with zero attached hydrogens (tertiary/aromatic N) is 2. The maximum atomic E-state index is 11.9. The molecule has 0 aliphatic carbocycles. The third-order valence-electron chi connectivity index (χ3n) is 5.31. The van der Waals surface area contributed by atoms with Gasteiger partial charge in [-0.15, -0.1) is 0 Å². The van der Waals surface area contributed by atoms with Gasteiger partial charge in [0.15, 0.2) is 0 Å². The van der Waals surface area contributed by atoms with E-state index in [0.717, 1.165) is 19.6 Å². The van der Waals surface area contributed by atoms with E-state index in [1.807, 2.05) is 6.07 Å². The number of rotatable bonds is 4. The molecule has 2 aromatic carbocycles. The molecule has 1 aromatic heterocycles. The van der Waals surface area contributed by atoms with E-state index in [1.165, 1.54) is 22.0 Å². The largest absolute Gasteiger partial charge is 0.353 e. The van der Waals surface area contributed by atoms with Crippen molar-refractivity contribution in [2.24, 2.45) is 0 Å². The van der Waals surface area contributed by atoms with Crippen molar-refractivity contribution in [3.63, 3.8) is 0 Å². The quantitative estimate of drug-likeness (QED) is 0.717. The lowest BCUT2D eigenvalue weighted by Gasteiger charge is -2.23. The molecule has 0 bridgehead atoms. The number of fused-ring (bicyclic) bond motifs is 1. The molecule has 3 aromatic rings. The lowest BCUT2D eigenvalue weighted by atomic mass is 10.1. The summed E-state index contributed by atoms with van der Waals surface area (Å²) in [5, 5.41) is 6.76. The van der Waals surface area contributed by atoms with Crippen molar-refractivity contribution in [1.82, 2.24) is 20.1 Å². The number of carbonyl (C=O) groups excluding carboxylic acids is 2. The molecule has 4 rings (SSSR count). The fourth-order valence-electron chi connectivity index (χ4n) is 3.81. The maximum Gasteiger partial charge on any atom is 0.239 e. The van der Waals surface area contributed by atoms with Crippen LogP contribution in [0.15, 0.2) is 60.8 Å². The topological polar surface area (TPSA) is 66.4 Å². The van der Waals surface area contributed by atoms with E-state index in [1.54, 1.807) is 0 Å². The second-order valence-electron chi connectivity index (χ2n) is 7.44. The molecule has 0 unspecified atom stereocenters. The number of para-hydroxylation sites is 1. The Bertz CT molecular complexity index is 997. The minimum absolute atomic E-state index is 0.0613. The van der Waals surface area contributed by atoms with Gasteiger partial charge in [0.25, 0.3) is 0 Å². The van der Waals surface area contributed by atoms with Crippen molar-refractivity contribution in [2.75, 3.05) is 26.2 Å². The molecule has 1 fully saturated rings. The van der Waals surface area contributed by atoms with Crippen molar-refractivity contribution in [1.29, 1.82) is 0 Å². The van der Waals surface area contributed by atoms with Gasteiger partial charge in [0, 0.05) is 56.2 Å². The van der Waals surface area contributed by atoms with Gasteiger partial charge in [-0.1, -0.05) is 48.5 Å². The molecule has 2 N–H and O–H groups in total. The molecule has 1 aliphatic rings. The standard InChI is InChI=1S/C23H26N4O2/c28-22-10-12-26(13-11-24-23(29)14-25-22)16-19-17-27(15-18-6-2-1-3-7-18)21-9-5-4-8-20(19)21/h1-9,17H,10-16H2,(H,24,29)(H,25,28). The Kier molecular flexibility index (Phi) is 5.91. The zero-order chi connectivity index (χ0) is 20.1. The fourth-order valence-corrected chi connectivity index (χ4v) is 3.81. The van der Waals surface area contributed by atoms with Crippen LogP contribution in [-0.4, -0.2) is 47.5 Å². The first-order valence-electron chi connectivity index (χ1n) is 10.1. The van der Waals surface area contributed by atoms with Crippen LogP contribution in [0.1, 0.15) is 17.5 Å².